The fourth-order valence-corrected chi connectivity index (χ4v) is 2.74. The molecule has 0 saturated carbocycles. The molecule has 0 aliphatic heterocycles. The van der Waals surface area contributed by atoms with Crippen molar-refractivity contribution in [1.29, 1.82) is 0 Å². The molecule has 0 fully saturated rings. The molecular formula is C16H27FN2. The van der Waals surface area contributed by atoms with Gasteiger partial charge in [-0.05, 0) is 39.3 Å². The second kappa shape index (κ2) is 6.49. The first kappa shape index (κ1) is 16.1. The molecule has 0 aliphatic carbocycles. The third-order valence-electron chi connectivity index (χ3n) is 4.08. The van der Waals surface area contributed by atoms with Crippen molar-refractivity contribution in [2.75, 3.05) is 13.6 Å². The largest absolute Gasteiger partial charge is 0.329 e. The van der Waals surface area contributed by atoms with Crippen LogP contribution >= 0.6 is 0 Å². The highest BCUT2D eigenvalue weighted by atomic mass is 19.1. The topological polar surface area (TPSA) is 29.3 Å². The number of benzene rings is 1. The van der Waals surface area contributed by atoms with Crippen molar-refractivity contribution in [3.05, 3.63) is 35.6 Å². The minimum Gasteiger partial charge on any atom is -0.329 e. The third kappa shape index (κ3) is 3.77. The Hall–Kier alpha value is -0.930. The molecule has 19 heavy (non-hydrogen) atoms. The second-order valence-corrected chi connectivity index (χ2v) is 6.11. The predicted molar refractivity (Wildman–Crippen MR) is 79.5 cm³/mol. The van der Waals surface area contributed by atoms with Crippen molar-refractivity contribution in [1.82, 2.24) is 4.90 Å². The zero-order valence-corrected chi connectivity index (χ0v) is 12.8. The molecule has 0 heterocycles. The Morgan fingerprint density at radius 2 is 1.84 bits per heavy atom. The van der Waals surface area contributed by atoms with Crippen LogP contribution in [0.1, 0.15) is 45.7 Å². The summed E-state index contributed by atoms with van der Waals surface area (Å²) in [6, 6.07) is 6.98. The molecule has 0 radical (unpaired) electrons. The van der Waals surface area contributed by atoms with E-state index < -0.39 is 0 Å². The highest BCUT2D eigenvalue weighted by Crippen LogP contribution is 2.31. The summed E-state index contributed by atoms with van der Waals surface area (Å²) in [5, 5.41) is 0. The molecule has 1 aromatic carbocycles. The van der Waals surface area contributed by atoms with Crippen LogP contribution in [0.3, 0.4) is 0 Å². The van der Waals surface area contributed by atoms with Gasteiger partial charge in [-0.2, -0.15) is 0 Å². The molecular weight excluding hydrogens is 239 g/mol. The van der Waals surface area contributed by atoms with Crippen molar-refractivity contribution in [3.63, 3.8) is 0 Å². The summed E-state index contributed by atoms with van der Waals surface area (Å²) in [7, 11) is 2.03. The number of nitrogens with zero attached hydrogens (tertiary/aromatic N) is 1. The van der Waals surface area contributed by atoms with E-state index in [1.807, 2.05) is 26.1 Å². The third-order valence-corrected chi connectivity index (χ3v) is 4.08. The van der Waals surface area contributed by atoms with Gasteiger partial charge < -0.3 is 5.73 Å². The van der Waals surface area contributed by atoms with E-state index in [-0.39, 0.29) is 17.4 Å². The molecule has 2 N–H and O–H groups in total. The summed E-state index contributed by atoms with van der Waals surface area (Å²) in [5.41, 5.74) is 6.59. The van der Waals surface area contributed by atoms with Gasteiger partial charge in [-0.25, -0.2) is 4.39 Å². The van der Waals surface area contributed by atoms with Gasteiger partial charge in [0.15, 0.2) is 0 Å². The normalized spacial score (nSPS) is 16.7. The Kier molecular flexibility index (Phi) is 5.50. The van der Waals surface area contributed by atoms with Gasteiger partial charge in [0.1, 0.15) is 5.82 Å². The first-order valence-corrected chi connectivity index (χ1v) is 6.99. The monoisotopic (exact) mass is 266 g/mol. The Morgan fingerprint density at radius 1 is 1.26 bits per heavy atom. The van der Waals surface area contributed by atoms with E-state index in [0.29, 0.717) is 12.5 Å². The van der Waals surface area contributed by atoms with Crippen LogP contribution in [-0.4, -0.2) is 24.0 Å². The minimum atomic E-state index is -0.147. The molecule has 2 nitrogen and oxygen atoms in total. The van der Waals surface area contributed by atoms with Gasteiger partial charge in [0.2, 0.25) is 0 Å². The van der Waals surface area contributed by atoms with Crippen molar-refractivity contribution < 1.29 is 4.39 Å². The molecule has 0 aromatic heterocycles. The van der Waals surface area contributed by atoms with E-state index >= 15 is 0 Å². The van der Waals surface area contributed by atoms with Crippen molar-refractivity contribution >= 4 is 0 Å². The maximum atomic E-state index is 13.9. The van der Waals surface area contributed by atoms with E-state index in [1.54, 1.807) is 6.07 Å². The average molecular weight is 266 g/mol. The Morgan fingerprint density at radius 3 is 2.32 bits per heavy atom. The Balaban J connectivity index is 2.97. The summed E-state index contributed by atoms with van der Waals surface area (Å²) >= 11 is 0. The standard InChI is InChI=1S/C16H27FN2/c1-12(2)10-16(4,11-18)19(5)13(3)14-8-6-7-9-15(14)17/h6-9,12-13H,10-11,18H2,1-5H3. The van der Waals surface area contributed by atoms with E-state index in [4.69, 9.17) is 5.73 Å². The zero-order chi connectivity index (χ0) is 14.6. The lowest BCUT2D eigenvalue weighted by atomic mass is 9.87. The molecule has 2 unspecified atom stereocenters. The number of likely N-dealkylation sites (N-methyl/N-ethyl adjacent to an activating group) is 1. The lowest BCUT2D eigenvalue weighted by Crippen LogP contribution is -2.51. The quantitative estimate of drug-likeness (QED) is 0.852. The van der Waals surface area contributed by atoms with E-state index in [1.165, 1.54) is 6.07 Å². The van der Waals surface area contributed by atoms with Gasteiger partial charge in [0, 0.05) is 23.7 Å². The number of nitrogens with two attached hydrogens (primary N) is 1. The summed E-state index contributed by atoms with van der Waals surface area (Å²) in [6.45, 7) is 9.14. The fraction of sp³-hybridized carbons (Fsp3) is 0.625. The predicted octanol–water partition coefficient (Wildman–Crippen LogP) is 3.58. The Labute approximate surface area is 116 Å². The van der Waals surface area contributed by atoms with Gasteiger partial charge >= 0.3 is 0 Å². The maximum Gasteiger partial charge on any atom is 0.127 e. The van der Waals surface area contributed by atoms with Crippen molar-refractivity contribution in [3.8, 4) is 0 Å². The summed E-state index contributed by atoms with van der Waals surface area (Å²) < 4.78 is 13.9. The van der Waals surface area contributed by atoms with E-state index in [0.717, 1.165) is 12.0 Å². The average Bonchev–Trinajstić information content (AvgIpc) is 2.36. The van der Waals surface area contributed by atoms with Gasteiger partial charge in [-0.15, -0.1) is 0 Å². The van der Waals surface area contributed by atoms with Gasteiger partial charge in [0.25, 0.3) is 0 Å². The zero-order valence-electron chi connectivity index (χ0n) is 12.8. The summed E-state index contributed by atoms with van der Waals surface area (Å²) in [6.07, 6.45) is 0.999. The first-order valence-electron chi connectivity index (χ1n) is 6.99. The van der Waals surface area contributed by atoms with E-state index in [9.17, 15) is 4.39 Å². The lowest BCUT2D eigenvalue weighted by molar-refractivity contribution is 0.0785. The highest BCUT2D eigenvalue weighted by molar-refractivity contribution is 5.21. The maximum absolute atomic E-state index is 13.9. The summed E-state index contributed by atoms with van der Waals surface area (Å²) in [5.74, 6) is 0.412. The molecule has 0 spiro atoms. The van der Waals surface area contributed by atoms with Gasteiger partial charge in [-0.3, -0.25) is 4.90 Å². The smallest absolute Gasteiger partial charge is 0.127 e. The van der Waals surface area contributed by atoms with Crippen LogP contribution in [-0.2, 0) is 0 Å². The molecule has 0 aliphatic rings. The molecule has 0 amide bonds. The molecule has 1 aromatic rings. The van der Waals surface area contributed by atoms with Crippen LogP contribution in [0.25, 0.3) is 0 Å². The molecule has 1 rings (SSSR count). The fourth-order valence-electron chi connectivity index (χ4n) is 2.74. The van der Waals surface area contributed by atoms with Gasteiger partial charge in [-0.1, -0.05) is 32.0 Å². The molecule has 2 atom stereocenters. The lowest BCUT2D eigenvalue weighted by Gasteiger charge is -2.43. The van der Waals surface area contributed by atoms with Crippen LogP contribution in [0.5, 0.6) is 0 Å². The van der Waals surface area contributed by atoms with E-state index in [2.05, 4.69) is 25.7 Å². The number of hydrogen-bond acceptors (Lipinski definition) is 2. The molecule has 3 heteroatoms. The Bertz CT molecular complexity index is 405. The van der Waals surface area contributed by atoms with Crippen LogP contribution in [0.2, 0.25) is 0 Å². The van der Waals surface area contributed by atoms with Crippen molar-refractivity contribution in [2.45, 2.75) is 45.7 Å². The minimum absolute atomic E-state index is 0.00787. The number of halogens is 1. The van der Waals surface area contributed by atoms with Crippen LogP contribution in [0, 0.1) is 11.7 Å². The molecule has 0 bridgehead atoms. The number of rotatable bonds is 6. The highest BCUT2D eigenvalue weighted by Gasteiger charge is 2.32. The summed E-state index contributed by atoms with van der Waals surface area (Å²) in [4.78, 5) is 2.20. The molecule has 108 valence electrons. The molecule has 0 saturated heterocycles. The van der Waals surface area contributed by atoms with Crippen molar-refractivity contribution in [2.24, 2.45) is 11.7 Å². The number of hydrogen-bond donors (Lipinski definition) is 1. The first-order chi connectivity index (χ1) is 8.81. The SMILES string of the molecule is CC(C)CC(C)(CN)N(C)C(C)c1ccccc1F. The second-order valence-electron chi connectivity index (χ2n) is 6.11. The van der Waals surface area contributed by atoms with Crippen LogP contribution in [0.4, 0.5) is 4.39 Å². The van der Waals surface area contributed by atoms with Gasteiger partial charge in [0.05, 0.1) is 0 Å². The van der Waals surface area contributed by atoms with Crippen LogP contribution < -0.4 is 5.73 Å². The van der Waals surface area contributed by atoms with Crippen LogP contribution in [0.15, 0.2) is 24.3 Å².